The highest BCUT2D eigenvalue weighted by molar-refractivity contribution is 9.10. The van der Waals surface area contributed by atoms with Gasteiger partial charge in [0.05, 0.1) is 20.8 Å². The van der Waals surface area contributed by atoms with Crippen LogP contribution in [0.2, 0.25) is 0 Å². The number of halogens is 1. The van der Waals surface area contributed by atoms with Crippen LogP contribution in [0.1, 0.15) is 15.9 Å². The van der Waals surface area contributed by atoms with Crippen molar-refractivity contribution in [2.24, 2.45) is 0 Å². The monoisotopic (exact) mass is 421 g/mol. The molecule has 0 atom stereocenters. The molecular weight excluding hydrogens is 402 g/mol. The average Bonchev–Trinajstić information content (AvgIpc) is 2.61. The van der Waals surface area contributed by atoms with Crippen molar-refractivity contribution in [3.63, 3.8) is 0 Å². The summed E-state index contributed by atoms with van der Waals surface area (Å²) in [5, 5.41) is 2.67. The van der Waals surface area contributed by atoms with Crippen molar-refractivity contribution >= 4 is 33.6 Å². The molecule has 0 aliphatic rings. The molecule has 0 spiro atoms. The van der Waals surface area contributed by atoms with Crippen molar-refractivity contribution in [3.8, 4) is 11.5 Å². The van der Waals surface area contributed by atoms with Gasteiger partial charge in [-0.3, -0.25) is 9.59 Å². The number of aryl methyl sites for hydroxylation is 1. The van der Waals surface area contributed by atoms with Crippen molar-refractivity contribution < 1.29 is 19.1 Å². The van der Waals surface area contributed by atoms with Crippen LogP contribution in [-0.2, 0) is 4.79 Å². The highest BCUT2D eigenvalue weighted by Gasteiger charge is 2.19. The summed E-state index contributed by atoms with van der Waals surface area (Å²) in [6.45, 7) is 1.79. The average molecular weight is 422 g/mol. The summed E-state index contributed by atoms with van der Waals surface area (Å²) in [7, 11) is 4.55. The number of anilines is 1. The molecule has 8 heteroatoms. The minimum absolute atomic E-state index is 0.116. The lowest BCUT2D eigenvalue weighted by Gasteiger charge is -2.18. The first kappa shape index (κ1) is 19.7. The molecule has 0 bridgehead atoms. The number of pyridine rings is 1. The summed E-state index contributed by atoms with van der Waals surface area (Å²) in [6.07, 6.45) is 1.61. The Hall–Kier alpha value is -2.61. The lowest BCUT2D eigenvalue weighted by molar-refractivity contribution is -0.116. The molecule has 1 N–H and O–H groups in total. The quantitative estimate of drug-likeness (QED) is 0.775. The van der Waals surface area contributed by atoms with E-state index in [2.05, 4.69) is 26.2 Å². The summed E-state index contributed by atoms with van der Waals surface area (Å²) in [5.74, 6) is 0.711. The first-order valence-corrected chi connectivity index (χ1v) is 8.54. The molecule has 1 aromatic carbocycles. The van der Waals surface area contributed by atoms with Crippen LogP contribution in [0, 0.1) is 6.92 Å². The third-order valence-electron chi connectivity index (χ3n) is 3.60. The molecule has 2 amide bonds. The number of benzene rings is 1. The number of rotatable bonds is 6. The van der Waals surface area contributed by atoms with Gasteiger partial charge in [0.1, 0.15) is 21.8 Å². The molecule has 7 nitrogen and oxygen atoms in total. The fourth-order valence-electron chi connectivity index (χ4n) is 2.29. The molecule has 0 saturated carbocycles. The van der Waals surface area contributed by atoms with Crippen LogP contribution in [0.3, 0.4) is 0 Å². The van der Waals surface area contributed by atoms with E-state index in [1.807, 2.05) is 13.0 Å². The summed E-state index contributed by atoms with van der Waals surface area (Å²) >= 11 is 3.36. The minimum atomic E-state index is -0.338. The van der Waals surface area contributed by atoms with Gasteiger partial charge < -0.3 is 19.7 Å². The van der Waals surface area contributed by atoms with Crippen LogP contribution < -0.4 is 14.8 Å². The van der Waals surface area contributed by atoms with Gasteiger partial charge in [0, 0.05) is 18.8 Å². The molecule has 0 aliphatic heterocycles. The van der Waals surface area contributed by atoms with Gasteiger partial charge >= 0.3 is 0 Å². The topological polar surface area (TPSA) is 80.8 Å². The summed E-state index contributed by atoms with van der Waals surface area (Å²) in [5.41, 5.74) is 1.33. The van der Waals surface area contributed by atoms with Gasteiger partial charge in [-0.15, -0.1) is 0 Å². The Morgan fingerprint density at radius 2 is 1.81 bits per heavy atom. The number of nitrogens with zero attached hydrogens (tertiary/aromatic N) is 2. The molecule has 1 heterocycles. The zero-order valence-corrected chi connectivity index (χ0v) is 16.6. The Morgan fingerprint density at radius 3 is 2.35 bits per heavy atom. The van der Waals surface area contributed by atoms with E-state index in [1.54, 1.807) is 31.4 Å². The van der Waals surface area contributed by atoms with Crippen LogP contribution in [-0.4, -0.2) is 49.5 Å². The zero-order chi connectivity index (χ0) is 19.3. The molecule has 2 rings (SSSR count). The molecule has 0 aliphatic carbocycles. The third kappa shape index (κ3) is 4.72. The number of carbonyl (C=O) groups is 2. The van der Waals surface area contributed by atoms with Crippen LogP contribution in [0.15, 0.2) is 34.9 Å². The van der Waals surface area contributed by atoms with Crippen LogP contribution in [0.25, 0.3) is 0 Å². The van der Waals surface area contributed by atoms with E-state index < -0.39 is 0 Å². The smallest absolute Gasteiger partial charge is 0.254 e. The lowest BCUT2D eigenvalue weighted by atomic mass is 10.1. The predicted molar refractivity (Wildman–Crippen MR) is 102 cm³/mol. The van der Waals surface area contributed by atoms with E-state index in [9.17, 15) is 9.59 Å². The van der Waals surface area contributed by atoms with Crippen molar-refractivity contribution in [3.05, 3.63) is 46.1 Å². The number of methoxy groups -OCH3 is 2. The first-order valence-electron chi connectivity index (χ1n) is 7.75. The largest absolute Gasteiger partial charge is 0.495 e. The van der Waals surface area contributed by atoms with Crippen LogP contribution >= 0.6 is 15.9 Å². The Labute approximate surface area is 160 Å². The van der Waals surface area contributed by atoms with E-state index in [-0.39, 0.29) is 18.4 Å². The molecule has 26 heavy (non-hydrogen) atoms. The second kappa shape index (κ2) is 8.66. The van der Waals surface area contributed by atoms with Gasteiger partial charge in [-0.05, 0) is 52.7 Å². The summed E-state index contributed by atoms with van der Waals surface area (Å²) < 4.78 is 11.1. The van der Waals surface area contributed by atoms with Gasteiger partial charge in [-0.25, -0.2) is 4.98 Å². The molecular formula is C18H20BrN3O4. The van der Waals surface area contributed by atoms with Crippen LogP contribution in [0.4, 0.5) is 5.82 Å². The van der Waals surface area contributed by atoms with Gasteiger partial charge in [0.2, 0.25) is 5.91 Å². The maximum absolute atomic E-state index is 12.6. The SMILES string of the molecule is COc1cc(C(=O)N(C)CC(=O)Nc2cc(C)ccn2)cc(OC)c1Br. The van der Waals surface area contributed by atoms with Crippen LogP contribution in [0.5, 0.6) is 11.5 Å². The number of amides is 2. The molecule has 0 saturated heterocycles. The highest BCUT2D eigenvalue weighted by atomic mass is 79.9. The summed E-state index contributed by atoms with van der Waals surface area (Å²) in [4.78, 5) is 30.2. The number of likely N-dealkylation sites (N-methyl/N-ethyl adjacent to an activating group) is 1. The Balaban J connectivity index is 2.10. The minimum Gasteiger partial charge on any atom is -0.495 e. The second-order valence-electron chi connectivity index (χ2n) is 5.62. The Morgan fingerprint density at radius 1 is 1.19 bits per heavy atom. The van der Waals surface area contributed by atoms with Gasteiger partial charge in [0.25, 0.3) is 5.91 Å². The van der Waals surface area contributed by atoms with E-state index in [0.29, 0.717) is 27.4 Å². The van der Waals surface area contributed by atoms with Gasteiger partial charge in [-0.1, -0.05) is 0 Å². The van der Waals surface area contributed by atoms with Crippen molar-refractivity contribution in [1.29, 1.82) is 0 Å². The summed E-state index contributed by atoms with van der Waals surface area (Å²) in [6, 6.07) is 6.76. The van der Waals surface area contributed by atoms with E-state index >= 15 is 0 Å². The molecule has 2 aromatic rings. The second-order valence-corrected chi connectivity index (χ2v) is 6.42. The van der Waals surface area contributed by atoms with Crippen molar-refractivity contribution in [2.75, 3.05) is 33.1 Å². The molecule has 0 radical (unpaired) electrons. The number of hydrogen-bond donors (Lipinski definition) is 1. The molecule has 138 valence electrons. The van der Waals surface area contributed by atoms with E-state index in [4.69, 9.17) is 9.47 Å². The fraction of sp³-hybridized carbons (Fsp3) is 0.278. The number of ether oxygens (including phenoxy) is 2. The number of nitrogens with one attached hydrogen (secondary N) is 1. The first-order chi connectivity index (χ1) is 12.3. The van der Waals surface area contributed by atoms with Gasteiger partial charge in [-0.2, -0.15) is 0 Å². The maximum atomic E-state index is 12.6. The highest BCUT2D eigenvalue weighted by Crippen LogP contribution is 2.35. The lowest BCUT2D eigenvalue weighted by Crippen LogP contribution is -2.35. The fourth-order valence-corrected chi connectivity index (χ4v) is 2.84. The Kier molecular flexibility index (Phi) is 6.57. The predicted octanol–water partition coefficient (Wildman–Crippen LogP) is 2.88. The standard InChI is InChI=1S/C18H20BrN3O4/c1-11-5-6-20-15(7-11)21-16(23)10-22(2)18(24)12-8-13(25-3)17(19)14(9-12)26-4/h5-9H,10H2,1-4H3,(H,20,21,23). The molecule has 1 aromatic heterocycles. The van der Waals surface area contributed by atoms with Crippen molar-refractivity contribution in [1.82, 2.24) is 9.88 Å². The number of aromatic nitrogens is 1. The normalized spacial score (nSPS) is 10.2. The maximum Gasteiger partial charge on any atom is 0.254 e. The molecule has 0 fully saturated rings. The number of hydrogen-bond acceptors (Lipinski definition) is 5. The van der Waals surface area contributed by atoms with Gasteiger partial charge in [0.15, 0.2) is 0 Å². The van der Waals surface area contributed by atoms with E-state index in [0.717, 1.165) is 5.56 Å². The zero-order valence-electron chi connectivity index (χ0n) is 15.0. The van der Waals surface area contributed by atoms with E-state index in [1.165, 1.54) is 19.1 Å². The van der Waals surface area contributed by atoms with Crippen molar-refractivity contribution in [2.45, 2.75) is 6.92 Å². The number of carbonyl (C=O) groups excluding carboxylic acids is 2. The Bertz CT molecular complexity index is 801. The molecule has 0 unspecified atom stereocenters. The third-order valence-corrected chi connectivity index (χ3v) is 4.38.